The molecule has 0 fully saturated rings. The molecule has 2 aromatic heterocycles. The number of pyridine rings is 1. The lowest BCUT2D eigenvalue weighted by atomic mass is 10.0. The van der Waals surface area contributed by atoms with E-state index in [-0.39, 0.29) is 29.4 Å². The highest BCUT2D eigenvalue weighted by Gasteiger charge is 2.20. The van der Waals surface area contributed by atoms with Crippen molar-refractivity contribution in [2.75, 3.05) is 11.9 Å². The fourth-order valence-corrected chi connectivity index (χ4v) is 3.14. The number of anilines is 1. The van der Waals surface area contributed by atoms with Gasteiger partial charge in [-0.1, -0.05) is 0 Å². The van der Waals surface area contributed by atoms with Crippen LogP contribution in [0.4, 0.5) is 14.7 Å². The molecule has 0 saturated carbocycles. The van der Waals surface area contributed by atoms with Crippen molar-refractivity contribution in [2.45, 2.75) is 13.0 Å². The van der Waals surface area contributed by atoms with E-state index < -0.39 is 5.82 Å². The molecule has 6 nitrogen and oxygen atoms in total. The zero-order chi connectivity index (χ0) is 19.0. The molecule has 1 aliphatic heterocycles. The average Bonchev–Trinajstić information content (AvgIpc) is 3.13. The number of hydrogen-bond acceptors (Lipinski definition) is 5. The molecule has 1 aromatic carbocycles. The van der Waals surface area contributed by atoms with Gasteiger partial charge in [0.05, 0.1) is 18.4 Å². The van der Waals surface area contributed by atoms with Gasteiger partial charge in [-0.05, 0) is 18.2 Å². The molecule has 0 atom stereocenters. The standard InChI is InChI=1S/C19H16F2N4O2/c1-25-18(26)14(11-6-12(20)8-22-7-11)9-23-19(25)24-10-15-13-4-5-27-17(13)3-2-16(15)21/h2-3,6-9H,4-5,10H2,1H3,(H,23,24). The third kappa shape index (κ3) is 3.14. The number of nitrogens with zero attached hydrogens (tertiary/aromatic N) is 3. The Bertz CT molecular complexity index is 1080. The fourth-order valence-electron chi connectivity index (χ4n) is 3.14. The summed E-state index contributed by atoms with van der Waals surface area (Å²) in [4.78, 5) is 20.6. The smallest absolute Gasteiger partial charge is 0.262 e. The van der Waals surface area contributed by atoms with Crippen molar-refractivity contribution in [1.82, 2.24) is 14.5 Å². The maximum Gasteiger partial charge on any atom is 0.262 e. The van der Waals surface area contributed by atoms with E-state index in [9.17, 15) is 13.6 Å². The van der Waals surface area contributed by atoms with Gasteiger partial charge in [-0.15, -0.1) is 0 Å². The highest BCUT2D eigenvalue weighted by atomic mass is 19.1. The minimum Gasteiger partial charge on any atom is -0.493 e. The molecule has 8 heteroatoms. The Kier molecular flexibility index (Phi) is 4.31. The summed E-state index contributed by atoms with van der Waals surface area (Å²) < 4.78 is 34.4. The van der Waals surface area contributed by atoms with Gasteiger partial charge in [0.15, 0.2) is 0 Å². The average molecular weight is 370 g/mol. The molecule has 0 bridgehead atoms. The fraction of sp³-hybridized carbons (Fsp3) is 0.211. The van der Waals surface area contributed by atoms with Crippen LogP contribution >= 0.6 is 0 Å². The number of fused-ring (bicyclic) bond motifs is 1. The second-order valence-corrected chi connectivity index (χ2v) is 6.21. The van der Waals surface area contributed by atoms with Crippen LogP contribution in [-0.2, 0) is 20.0 Å². The van der Waals surface area contributed by atoms with Crippen molar-refractivity contribution in [1.29, 1.82) is 0 Å². The number of ether oxygens (including phenoxy) is 1. The van der Waals surface area contributed by atoms with Gasteiger partial charge in [-0.3, -0.25) is 14.3 Å². The Labute approximate surface area is 153 Å². The van der Waals surface area contributed by atoms with Crippen LogP contribution in [-0.4, -0.2) is 21.1 Å². The van der Waals surface area contributed by atoms with E-state index in [0.29, 0.717) is 29.9 Å². The quantitative estimate of drug-likeness (QED) is 0.765. The summed E-state index contributed by atoms with van der Waals surface area (Å²) in [6.07, 6.45) is 4.46. The third-order valence-electron chi connectivity index (χ3n) is 4.55. The van der Waals surface area contributed by atoms with Crippen LogP contribution in [0.15, 0.2) is 41.6 Å². The highest BCUT2D eigenvalue weighted by Crippen LogP contribution is 2.30. The van der Waals surface area contributed by atoms with Gasteiger partial charge < -0.3 is 10.1 Å². The summed E-state index contributed by atoms with van der Waals surface area (Å²) in [5.74, 6) is 0.0969. The van der Waals surface area contributed by atoms with Gasteiger partial charge in [0, 0.05) is 49.1 Å². The molecular weight excluding hydrogens is 354 g/mol. The largest absolute Gasteiger partial charge is 0.493 e. The van der Waals surface area contributed by atoms with Gasteiger partial charge in [-0.25, -0.2) is 13.8 Å². The summed E-state index contributed by atoms with van der Waals surface area (Å²) in [7, 11) is 1.54. The summed E-state index contributed by atoms with van der Waals surface area (Å²) >= 11 is 0. The predicted octanol–water partition coefficient (Wildman–Crippen LogP) is 2.67. The molecule has 138 valence electrons. The van der Waals surface area contributed by atoms with Crippen LogP contribution in [0, 0.1) is 11.6 Å². The zero-order valence-corrected chi connectivity index (χ0v) is 14.5. The Morgan fingerprint density at radius 3 is 2.93 bits per heavy atom. The number of halogens is 2. The number of rotatable bonds is 4. The van der Waals surface area contributed by atoms with Gasteiger partial charge in [0.1, 0.15) is 17.4 Å². The van der Waals surface area contributed by atoms with E-state index in [1.165, 1.54) is 29.1 Å². The Hall–Kier alpha value is -3.29. The topological polar surface area (TPSA) is 69.0 Å². The van der Waals surface area contributed by atoms with E-state index >= 15 is 0 Å². The second kappa shape index (κ2) is 6.79. The molecular formula is C19H16F2N4O2. The third-order valence-corrected chi connectivity index (χ3v) is 4.55. The van der Waals surface area contributed by atoms with Crippen LogP contribution in [0.3, 0.4) is 0 Å². The van der Waals surface area contributed by atoms with Crippen molar-refractivity contribution in [2.24, 2.45) is 7.05 Å². The molecule has 0 amide bonds. The van der Waals surface area contributed by atoms with Crippen LogP contribution in [0.1, 0.15) is 11.1 Å². The molecule has 0 aliphatic carbocycles. The lowest BCUT2D eigenvalue weighted by molar-refractivity contribution is 0.356. The van der Waals surface area contributed by atoms with E-state index in [2.05, 4.69) is 15.3 Å². The van der Waals surface area contributed by atoms with Crippen LogP contribution in [0.2, 0.25) is 0 Å². The molecule has 0 radical (unpaired) electrons. The first-order chi connectivity index (χ1) is 13.0. The molecule has 3 aromatic rings. The van der Waals surface area contributed by atoms with E-state index in [1.54, 1.807) is 13.1 Å². The highest BCUT2D eigenvalue weighted by molar-refractivity contribution is 5.61. The predicted molar refractivity (Wildman–Crippen MR) is 95.6 cm³/mol. The van der Waals surface area contributed by atoms with Gasteiger partial charge in [0.2, 0.25) is 5.95 Å². The monoisotopic (exact) mass is 370 g/mol. The molecule has 0 saturated heterocycles. The first kappa shape index (κ1) is 17.1. The summed E-state index contributed by atoms with van der Waals surface area (Å²) in [6, 6.07) is 4.21. The molecule has 0 spiro atoms. The van der Waals surface area contributed by atoms with E-state index in [4.69, 9.17) is 4.74 Å². The van der Waals surface area contributed by atoms with Crippen molar-refractivity contribution in [3.05, 3.63) is 69.9 Å². The van der Waals surface area contributed by atoms with Gasteiger partial charge >= 0.3 is 0 Å². The minimum absolute atomic E-state index is 0.166. The van der Waals surface area contributed by atoms with Crippen LogP contribution in [0.5, 0.6) is 5.75 Å². The Balaban J connectivity index is 1.62. The summed E-state index contributed by atoms with van der Waals surface area (Å²) in [5, 5.41) is 3.00. The van der Waals surface area contributed by atoms with Crippen LogP contribution in [0.25, 0.3) is 11.1 Å². The van der Waals surface area contributed by atoms with Gasteiger partial charge in [-0.2, -0.15) is 0 Å². The van der Waals surface area contributed by atoms with E-state index in [1.807, 2.05) is 0 Å². The van der Waals surface area contributed by atoms with E-state index in [0.717, 1.165) is 11.8 Å². The van der Waals surface area contributed by atoms with Crippen molar-refractivity contribution in [3.8, 4) is 16.9 Å². The van der Waals surface area contributed by atoms with Crippen molar-refractivity contribution < 1.29 is 13.5 Å². The minimum atomic E-state index is -0.535. The molecule has 27 heavy (non-hydrogen) atoms. The SMILES string of the molecule is Cn1c(NCc2c(F)ccc3c2CCO3)ncc(-c2cncc(F)c2)c1=O. The number of hydrogen-bond donors (Lipinski definition) is 1. The number of benzene rings is 1. The van der Waals surface area contributed by atoms with Crippen LogP contribution < -0.4 is 15.6 Å². The molecule has 4 rings (SSSR count). The molecule has 0 unspecified atom stereocenters. The Morgan fingerprint density at radius 1 is 1.26 bits per heavy atom. The van der Waals surface area contributed by atoms with Gasteiger partial charge in [0.25, 0.3) is 5.56 Å². The lowest BCUT2D eigenvalue weighted by Crippen LogP contribution is -2.23. The molecule has 1 aliphatic rings. The normalized spacial score (nSPS) is 12.6. The number of nitrogens with one attached hydrogen (secondary N) is 1. The molecule has 1 N–H and O–H groups in total. The number of aromatic nitrogens is 3. The van der Waals surface area contributed by atoms with Crippen molar-refractivity contribution >= 4 is 5.95 Å². The Morgan fingerprint density at radius 2 is 2.11 bits per heavy atom. The zero-order valence-electron chi connectivity index (χ0n) is 14.5. The molecule has 3 heterocycles. The summed E-state index contributed by atoms with van der Waals surface area (Å²) in [5.41, 5.74) is 1.54. The van der Waals surface area contributed by atoms with Crippen molar-refractivity contribution in [3.63, 3.8) is 0 Å². The summed E-state index contributed by atoms with van der Waals surface area (Å²) in [6.45, 7) is 0.693. The second-order valence-electron chi connectivity index (χ2n) is 6.21. The first-order valence-corrected chi connectivity index (χ1v) is 8.38. The maximum atomic E-state index is 14.2. The first-order valence-electron chi connectivity index (χ1n) is 8.38. The maximum absolute atomic E-state index is 14.2. The lowest BCUT2D eigenvalue weighted by Gasteiger charge is -2.13.